The van der Waals surface area contributed by atoms with Gasteiger partial charge in [0.1, 0.15) is 5.76 Å². The summed E-state index contributed by atoms with van der Waals surface area (Å²) in [6.45, 7) is 4.03. The monoisotopic (exact) mass is 415 g/mol. The quantitative estimate of drug-likeness (QED) is 0.681. The first-order valence-electron chi connectivity index (χ1n) is 9.57. The average molecular weight is 415 g/mol. The second kappa shape index (κ2) is 10.0. The first-order valence-corrected chi connectivity index (χ1v) is 9.57. The molecule has 0 atom stereocenters. The number of amides is 1. The van der Waals surface area contributed by atoms with Gasteiger partial charge in [0, 0.05) is 26.2 Å². The second-order valence-corrected chi connectivity index (χ2v) is 6.92. The van der Waals surface area contributed by atoms with Crippen molar-refractivity contribution in [2.24, 2.45) is 0 Å². The molecule has 1 aromatic carbocycles. The van der Waals surface area contributed by atoms with Crippen molar-refractivity contribution in [2.45, 2.75) is 6.54 Å². The lowest BCUT2D eigenvalue weighted by Gasteiger charge is -2.33. The lowest BCUT2D eigenvalue weighted by atomic mass is 10.1. The molecule has 1 aliphatic heterocycles. The first-order chi connectivity index (χ1) is 14.5. The Bertz CT molecular complexity index is 888. The number of ether oxygens (including phenoxy) is 2. The Kier molecular flexibility index (Phi) is 7.21. The van der Waals surface area contributed by atoms with Gasteiger partial charge < -0.3 is 19.2 Å². The summed E-state index contributed by atoms with van der Waals surface area (Å²) in [6.07, 6.45) is 1.66. The minimum Gasteiger partial charge on any atom is -0.468 e. The Balaban J connectivity index is 1.58. The molecule has 0 aliphatic carbocycles. The van der Waals surface area contributed by atoms with Crippen LogP contribution < -0.4 is 5.32 Å². The van der Waals surface area contributed by atoms with Crippen LogP contribution >= 0.6 is 0 Å². The fourth-order valence-corrected chi connectivity index (χ4v) is 3.30. The van der Waals surface area contributed by atoms with Crippen molar-refractivity contribution in [2.75, 3.05) is 52.3 Å². The molecule has 1 aliphatic rings. The van der Waals surface area contributed by atoms with Gasteiger partial charge in [-0.3, -0.25) is 14.6 Å². The fraction of sp³-hybridized carbons (Fsp3) is 0.381. The van der Waals surface area contributed by atoms with E-state index in [2.05, 4.69) is 10.2 Å². The number of methoxy groups -OCH3 is 2. The van der Waals surface area contributed by atoms with Crippen molar-refractivity contribution >= 4 is 23.5 Å². The van der Waals surface area contributed by atoms with E-state index in [0.29, 0.717) is 0 Å². The van der Waals surface area contributed by atoms with Gasteiger partial charge in [-0.05, 0) is 30.3 Å². The van der Waals surface area contributed by atoms with Crippen LogP contribution in [0.2, 0.25) is 0 Å². The number of nitrogens with one attached hydrogen (secondary N) is 1. The highest BCUT2D eigenvalue weighted by atomic mass is 16.5. The van der Waals surface area contributed by atoms with Crippen LogP contribution in [-0.4, -0.2) is 74.6 Å². The predicted molar refractivity (Wildman–Crippen MR) is 108 cm³/mol. The van der Waals surface area contributed by atoms with Crippen molar-refractivity contribution in [3.8, 4) is 0 Å². The summed E-state index contributed by atoms with van der Waals surface area (Å²) in [7, 11) is 2.52. The molecule has 0 radical (unpaired) electrons. The van der Waals surface area contributed by atoms with Gasteiger partial charge in [0.15, 0.2) is 0 Å². The van der Waals surface area contributed by atoms with Gasteiger partial charge in [0.25, 0.3) is 0 Å². The Hall–Kier alpha value is -3.17. The van der Waals surface area contributed by atoms with Crippen molar-refractivity contribution in [1.29, 1.82) is 0 Å². The van der Waals surface area contributed by atoms with Gasteiger partial charge in [0.05, 0.1) is 50.4 Å². The van der Waals surface area contributed by atoms with Gasteiger partial charge in [-0.15, -0.1) is 0 Å². The average Bonchev–Trinajstić information content (AvgIpc) is 3.27. The minimum absolute atomic E-state index is 0.168. The highest BCUT2D eigenvalue weighted by Gasteiger charge is 2.22. The minimum atomic E-state index is -0.603. The Morgan fingerprint density at radius 1 is 1.00 bits per heavy atom. The van der Waals surface area contributed by atoms with Crippen LogP contribution in [0.15, 0.2) is 41.0 Å². The van der Waals surface area contributed by atoms with Crippen molar-refractivity contribution in [3.63, 3.8) is 0 Å². The summed E-state index contributed by atoms with van der Waals surface area (Å²) in [5.41, 5.74) is 0.611. The number of carbonyl (C=O) groups is 3. The van der Waals surface area contributed by atoms with E-state index < -0.39 is 11.9 Å². The standard InChI is InChI=1S/C21H25N3O6/c1-28-20(26)15-5-6-17(21(27)29-2)18(12-15)22-19(25)14-24-9-7-23(8-10-24)13-16-4-3-11-30-16/h3-6,11-12H,7-10,13-14H2,1-2H3,(H,22,25). The van der Waals surface area contributed by atoms with Gasteiger partial charge in [0.2, 0.25) is 5.91 Å². The molecule has 1 amide bonds. The molecule has 1 saturated heterocycles. The number of esters is 2. The molecule has 9 nitrogen and oxygen atoms in total. The van der Waals surface area contributed by atoms with Gasteiger partial charge >= 0.3 is 11.9 Å². The summed E-state index contributed by atoms with van der Waals surface area (Å²) in [5, 5.41) is 2.72. The third kappa shape index (κ3) is 5.46. The van der Waals surface area contributed by atoms with Crippen LogP contribution in [0, 0.1) is 0 Å². The number of rotatable bonds is 7. The van der Waals surface area contributed by atoms with E-state index >= 15 is 0 Å². The highest BCUT2D eigenvalue weighted by Crippen LogP contribution is 2.20. The molecule has 0 saturated carbocycles. The topological polar surface area (TPSA) is 101 Å². The smallest absolute Gasteiger partial charge is 0.339 e. The largest absolute Gasteiger partial charge is 0.468 e. The van der Waals surface area contributed by atoms with Crippen LogP contribution in [0.3, 0.4) is 0 Å². The molecule has 0 unspecified atom stereocenters. The van der Waals surface area contributed by atoms with Crippen molar-refractivity contribution in [3.05, 3.63) is 53.5 Å². The summed E-state index contributed by atoms with van der Waals surface area (Å²) >= 11 is 0. The van der Waals surface area contributed by atoms with Crippen LogP contribution in [0.4, 0.5) is 5.69 Å². The maximum atomic E-state index is 12.6. The van der Waals surface area contributed by atoms with E-state index in [1.165, 1.54) is 32.4 Å². The zero-order chi connectivity index (χ0) is 21.5. The summed E-state index contributed by atoms with van der Waals surface area (Å²) in [4.78, 5) is 40.7. The predicted octanol–water partition coefficient (Wildman–Crippen LogP) is 1.61. The summed E-state index contributed by atoms with van der Waals surface area (Å²) < 4.78 is 14.8. The molecule has 30 heavy (non-hydrogen) atoms. The molecule has 1 fully saturated rings. The molecular formula is C21H25N3O6. The molecule has 1 N–H and O–H groups in total. The van der Waals surface area contributed by atoms with Gasteiger partial charge in [-0.25, -0.2) is 9.59 Å². The Morgan fingerprint density at radius 3 is 2.33 bits per heavy atom. The number of nitrogens with zero attached hydrogens (tertiary/aromatic N) is 2. The second-order valence-electron chi connectivity index (χ2n) is 6.92. The van der Waals surface area contributed by atoms with E-state index in [-0.39, 0.29) is 29.3 Å². The summed E-state index contributed by atoms with van der Waals surface area (Å²) in [5.74, 6) is -0.522. The van der Waals surface area contributed by atoms with E-state index in [9.17, 15) is 14.4 Å². The van der Waals surface area contributed by atoms with Gasteiger partial charge in [-0.1, -0.05) is 0 Å². The maximum absolute atomic E-state index is 12.6. The lowest BCUT2D eigenvalue weighted by molar-refractivity contribution is -0.117. The molecule has 0 spiro atoms. The molecule has 0 bridgehead atoms. The summed E-state index contributed by atoms with van der Waals surface area (Å²) in [6, 6.07) is 8.11. The van der Waals surface area contributed by atoms with E-state index in [1.807, 2.05) is 17.0 Å². The van der Waals surface area contributed by atoms with Crippen LogP contribution in [0.5, 0.6) is 0 Å². The molecular weight excluding hydrogens is 390 g/mol. The number of carbonyl (C=O) groups excluding carboxylic acids is 3. The zero-order valence-electron chi connectivity index (χ0n) is 17.1. The molecule has 160 valence electrons. The van der Waals surface area contributed by atoms with Crippen LogP contribution in [0.25, 0.3) is 0 Å². The Morgan fingerprint density at radius 2 is 1.70 bits per heavy atom. The van der Waals surface area contributed by atoms with E-state index in [1.54, 1.807) is 6.26 Å². The number of piperazine rings is 1. The SMILES string of the molecule is COC(=O)c1ccc(C(=O)OC)c(NC(=O)CN2CCN(Cc3ccco3)CC2)c1. The number of furan rings is 1. The maximum Gasteiger partial charge on any atom is 0.339 e. The van der Waals surface area contributed by atoms with E-state index in [4.69, 9.17) is 13.9 Å². The molecule has 2 aromatic rings. The van der Waals surface area contributed by atoms with Crippen molar-refractivity contribution < 1.29 is 28.3 Å². The Labute approximate surface area is 174 Å². The first kappa shape index (κ1) is 21.5. The highest BCUT2D eigenvalue weighted by molar-refractivity contribution is 6.03. The normalized spacial score (nSPS) is 14.9. The van der Waals surface area contributed by atoms with E-state index in [0.717, 1.165) is 38.5 Å². The molecule has 1 aromatic heterocycles. The van der Waals surface area contributed by atoms with Crippen LogP contribution in [0.1, 0.15) is 26.5 Å². The fourth-order valence-electron chi connectivity index (χ4n) is 3.30. The number of hydrogen-bond donors (Lipinski definition) is 1. The van der Waals surface area contributed by atoms with Crippen molar-refractivity contribution in [1.82, 2.24) is 9.80 Å². The van der Waals surface area contributed by atoms with Gasteiger partial charge in [-0.2, -0.15) is 0 Å². The number of anilines is 1. The third-order valence-electron chi connectivity index (χ3n) is 4.91. The van der Waals surface area contributed by atoms with Crippen LogP contribution in [-0.2, 0) is 20.8 Å². The third-order valence-corrected chi connectivity index (χ3v) is 4.91. The molecule has 9 heteroatoms. The number of benzene rings is 1. The lowest BCUT2D eigenvalue weighted by Crippen LogP contribution is -2.48. The number of hydrogen-bond acceptors (Lipinski definition) is 8. The molecule has 2 heterocycles. The molecule has 3 rings (SSSR count). The zero-order valence-corrected chi connectivity index (χ0v) is 17.1.